The molecule has 0 aliphatic carbocycles. The Bertz CT molecular complexity index is 422. The van der Waals surface area contributed by atoms with Gasteiger partial charge in [-0.3, -0.25) is 0 Å². The zero-order valence-electron chi connectivity index (χ0n) is 12.3. The molecule has 0 radical (unpaired) electrons. The second-order valence-corrected chi connectivity index (χ2v) is 5.39. The van der Waals surface area contributed by atoms with Crippen LogP contribution in [0.4, 0.5) is 5.82 Å². The van der Waals surface area contributed by atoms with Crippen LogP contribution in [0.3, 0.4) is 0 Å². The molecule has 3 heteroatoms. The lowest BCUT2D eigenvalue weighted by Gasteiger charge is -2.27. The van der Waals surface area contributed by atoms with Crippen LogP contribution >= 0.6 is 0 Å². The Balaban J connectivity index is 2.00. The summed E-state index contributed by atoms with van der Waals surface area (Å²) in [7, 11) is 0. The van der Waals surface area contributed by atoms with E-state index < -0.39 is 0 Å². The summed E-state index contributed by atoms with van der Waals surface area (Å²) in [6, 6.07) is 4.73. The molecule has 0 spiro atoms. The zero-order chi connectivity index (χ0) is 13.7. The molecule has 3 nitrogen and oxygen atoms in total. The molecule has 104 valence electrons. The van der Waals surface area contributed by atoms with Crippen molar-refractivity contribution in [1.82, 2.24) is 10.3 Å². The second kappa shape index (κ2) is 6.71. The number of nitrogens with one attached hydrogen (secondary N) is 1. The van der Waals surface area contributed by atoms with Crippen molar-refractivity contribution in [3.05, 3.63) is 35.5 Å². The minimum atomic E-state index is 0.379. The Hall–Kier alpha value is -1.35. The molecule has 2 heterocycles. The van der Waals surface area contributed by atoms with Crippen molar-refractivity contribution < 1.29 is 0 Å². The van der Waals surface area contributed by atoms with E-state index in [1.807, 2.05) is 6.20 Å². The summed E-state index contributed by atoms with van der Waals surface area (Å²) in [6.07, 6.45) is 6.62. The number of anilines is 1. The van der Waals surface area contributed by atoms with E-state index in [0.717, 1.165) is 38.3 Å². The quantitative estimate of drug-likeness (QED) is 0.822. The van der Waals surface area contributed by atoms with Gasteiger partial charge in [0.1, 0.15) is 5.82 Å². The van der Waals surface area contributed by atoms with Crippen molar-refractivity contribution in [2.24, 2.45) is 0 Å². The third-order valence-corrected chi connectivity index (χ3v) is 3.63. The lowest BCUT2D eigenvalue weighted by atomic mass is 10.1. The van der Waals surface area contributed by atoms with E-state index in [1.54, 1.807) is 0 Å². The molecule has 19 heavy (non-hydrogen) atoms. The first-order chi connectivity index (χ1) is 9.20. The molecule has 0 fully saturated rings. The molecule has 1 aliphatic heterocycles. The van der Waals surface area contributed by atoms with Crippen molar-refractivity contribution in [2.75, 3.05) is 24.5 Å². The minimum absolute atomic E-state index is 0.379. The van der Waals surface area contributed by atoms with E-state index in [4.69, 9.17) is 0 Å². The summed E-state index contributed by atoms with van der Waals surface area (Å²) < 4.78 is 0. The lowest BCUT2D eigenvalue weighted by molar-refractivity contribution is 0.569. The van der Waals surface area contributed by atoms with Crippen molar-refractivity contribution >= 4 is 5.82 Å². The van der Waals surface area contributed by atoms with Crippen molar-refractivity contribution in [3.63, 3.8) is 0 Å². The van der Waals surface area contributed by atoms with E-state index in [1.165, 1.54) is 11.1 Å². The van der Waals surface area contributed by atoms with Crippen molar-refractivity contribution in [3.8, 4) is 0 Å². The summed E-state index contributed by atoms with van der Waals surface area (Å²) in [5.41, 5.74) is 2.71. The van der Waals surface area contributed by atoms with Crippen molar-refractivity contribution in [1.29, 1.82) is 0 Å². The van der Waals surface area contributed by atoms with Crippen LogP contribution in [-0.4, -0.2) is 24.6 Å². The SMILES string of the molecule is CCCNC(C)c1ccc(N2CCC=C(C)C2)nc1. The maximum absolute atomic E-state index is 4.62. The number of pyridine rings is 1. The molecule has 1 unspecified atom stereocenters. The van der Waals surface area contributed by atoms with Crippen LogP contribution < -0.4 is 10.2 Å². The molecule has 1 atom stereocenters. The number of aromatic nitrogens is 1. The molecule has 0 saturated carbocycles. The third-order valence-electron chi connectivity index (χ3n) is 3.63. The molecule has 0 aromatic carbocycles. The van der Waals surface area contributed by atoms with Gasteiger partial charge in [0.05, 0.1) is 0 Å². The molecule has 2 rings (SSSR count). The fourth-order valence-electron chi connectivity index (χ4n) is 2.43. The highest BCUT2D eigenvalue weighted by molar-refractivity contribution is 5.42. The largest absolute Gasteiger partial charge is 0.352 e. The van der Waals surface area contributed by atoms with Gasteiger partial charge in [-0.2, -0.15) is 0 Å². The van der Waals surface area contributed by atoms with Crippen LogP contribution in [0.25, 0.3) is 0 Å². The lowest BCUT2D eigenvalue weighted by Crippen LogP contribution is -2.30. The minimum Gasteiger partial charge on any atom is -0.352 e. The van der Waals surface area contributed by atoms with E-state index in [0.29, 0.717) is 6.04 Å². The number of nitrogens with zero attached hydrogens (tertiary/aromatic N) is 2. The Morgan fingerprint density at radius 3 is 2.89 bits per heavy atom. The van der Waals surface area contributed by atoms with Gasteiger partial charge in [0.2, 0.25) is 0 Å². The fourth-order valence-corrected chi connectivity index (χ4v) is 2.43. The summed E-state index contributed by atoms with van der Waals surface area (Å²) in [5.74, 6) is 1.10. The Morgan fingerprint density at radius 2 is 2.26 bits per heavy atom. The molecule has 1 aromatic rings. The Labute approximate surface area is 116 Å². The van der Waals surface area contributed by atoms with Gasteiger partial charge in [-0.15, -0.1) is 0 Å². The van der Waals surface area contributed by atoms with Crippen LogP contribution in [0.5, 0.6) is 0 Å². The molecular formula is C16H25N3. The first-order valence-corrected chi connectivity index (χ1v) is 7.30. The van der Waals surface area contributed by atoms with Gasteiger partial charge in [-0.1, -0.05) is 24.6 Å². The summed E-state index contributed by atoms with van der Waals surface area (Å²) >= 11 is 0. The summed E-state index contributed by atoms with van der Waals surface area (Å²) in [6.45, 7) is 9.72. The second-order valence-electron chi connectivity index (χ2n) is 5.39. The Kier molecular flexibility index (Phi) is 4.97. The fraction of sp³-hybridized carbons (Fsp3) is 0.562. The average molecular weight is 259 g/mol. The van der Waals surface area contributed by atoms with E-state index in [9.17, 15) is 0 Å². The average Bonchev–Trinajstić information content (AvgIpc) is 2.45. The van der Waals surface area contributed by atoms with Crippen LogP contribution in [-0.2, 0) is 0 Å². The maximum atomic E-state index is 4.62. The molecule has 1 aliphatic rings. The highest BCUT2D eigenvalue weighted by atomic mass is 15.2. The monoisotopic (exact) mass is 259 g/mol. The highest BCUT2D eigenvalue weighted by Gasteiger charge is 2.12. The van der Waals surface area contributed by atoms with Gasteiger partial charge in [-0.25, -0.2) is 4.98 Å². The number of hydrogen-bond acceptors (Lipinski definition) is 3. The van der Waals surface area contributed by atoms with Crippen molar-refractivity contribution in [2.45, 2.75) is 39.7 Å². The van der Waals surface area contributed by atoms with Gasteiger partial charge in [0, 0.05) is 25.3 Å². The molecular weight excluding hydrogens is 234 g/mol. The summed E-state index contributed by atoms with van der Waals surface area (Å²) in [5, 5.41) is 3.49. The highest BCUT2D eigenvalue weighted by Crippen LogP contribution is 2.19. The Morgan fingerprint density at radius 1 is 1.42 bits per heavy atom. The first kappa shape index (κ1) is 14.1. The standard InChI is InChI=1S/C16H25N3/c1-4-9-17-14(3)15-7-8-16(18-11-15)19-10-5-6-13(2)12-19/h6-8,11,14,17H,4-5,9-10,12H2,1-3H3. The number of rotatable bonds is 5. The van der Waals surface area contributed by atoms with E-state index in [-0.39, 0.29) is 0 Å². The van der Waals surface area contributed by atoms with Crippen LogP contribution in [0.15, 0.2) is 30.0 Å². The molecule has 0 bridgehead atoms. The van der Waals surface area contributed by atoms with E-state index in [2.05, 4.69) is 54.2 Å². The van der Waals surface area contributed by atoms with Gasteiger partial charge >= 0.3 is 0 Å². The molecule has 1 aromatic heterocycles. The predicted octanol–water partition coefficient (Wildman–Crippen LogP) is 3.30. The van der Waals surface area contributed by atoms with E-state index >= 15 is 0 Å². The molecule has 0 saturated heterocycles. The molecule has 0 amide bonds. The predicted molar refractivity (Wildman–Crippen MR) is 81.5 cm³/mol. The first-order valence-electron chi connectivity index (χ1n) is 7.30. The van der Waals surface area contributed by atoms with Gasteiger partial charge in [0.15, 0.2) is 0 Å². The topological polar surface area (TPSA) is 28.2 Å². The van der Waals surface area contributed by atoms with Gasteiger partial charge < -0.3 is 10.2 Å². The van der Waals surface area contributed by atoms with Crippen LogP contribution in [0.2, 0.25) is 0 Å². The normalized spacial score (nSPS) is 17.2. The van der Waals surface area contributed by atoms with Gasteiger partial charge in [-0.05, 0) is 44.9 Å². The van der Waals surface area contributed by atoms with Crippen LogP contribution in [0.1, 0.15) is 45.2 Å². The summed E-state index contributed by atoms with van der Waals surface area (Å²) in [4.78, 5) is 6.98. The van der Waals surface area contributed by atoms with Crippen LogP contribution in [0, 0.1) is 0 Å². The van der Waals surface area contributed by atoms with Gasteiger partial charge in [0.25, 0.3) is 0 Å². The maximum Gasteiger partial charge on any atom is 0.128 e. The third kappa shape index (κ3) is 3.80. The zero-order valence-corrected chi connectivity index (χ0v) is 12.3. The molecule has 1 N–H and O–H groups in total. The smallest absolute Gasteiger partial charge is 0.128 e. The number of hydrogen-bond donors (Lipinski definition) is 1.